The lowest BCUT2D eigenvalue weighted by Crippen LogP contribution is -2.45. The fourth-order valence-electron chi connectivity index (χ4n) is 2.44. The number of nitrogens with one attached hydrogen (secondary N) is 1. The number of hydrogen-bond donors (Lipinski definition) is 1. The van der Waals surface area contributed by atoms with Gasteiger partial charge >= 0.3 is 6.09 Å². The van der Waals surface area contributed by atoms with Crippen molar-refractivity contribution >= 4 is 6.09 Å². The highest BCUT2D eigenvalue weighted by Crippen LogP contribution is 2.18. The lowest BCUT2D eigenvalue weighted by Gasteiger charge is -2.34. The topological polar surface area (TPSA) is 50.8 Å². The molecular formula is C17H32N2O3. The summed E-state index contributed by atoms with van der Waals surface area (Å²) in [7, 11) is 0. The molecule has 0 aromatic rings. The van der Waals surface area contributed by atoms with Gasteiger partial charge in [-0.2, -0.15) is 0 Å². The number of nitrogens with zero attached hydrogens (tertiary/aromatic N) is 1. The van der Waals surface area contributed by atoms with E-state index in [0.29, 0.717) is 5.92 Å². The van der Waals surface area contributed by atoms with Gasteiger partial charge in [0.2, 0.25) is 0 Å². The van der Waals surface area contributed by atoms with Gasteiger partial charge in [0.1, 0.15) is 5.60 Å². The van der Waals surface area contributed by atoms with Crippen LogP contribution in [0.2, 0.25) is 0 Å². The summed E-state index contributed by atoms with van der Waals surface area (Å²) >= 11 is 0. The first-order valence-corrected chi connectivity index (χ1v) is 8.29. The third kappa shape index (κ3) is 8.39. The molecule has 5 nitrogen and oxygen atoms in total. The van der Waals surface area contributed by atoms with Crippen LogP contribution in [-0.4, -0.2) is 56.0 Å². The van der Waals surface area contributed by atoms with E-state index in [1.54, 1.807) is 0 Å². The number of amides is 1. The van der Waals surface area contributed by atoms with Crippen molar-refractivity contribution in [3.63, 3.8) is 0 Å². The molecule has 1 fully saturated rings. The van der Waals surface area contributed by atoms with Gasteiger partial charge in [-0.15, -0.1) is 6.58 Å². The van der Waals surface area contributed by atoms with Gasteiger partial charge in [0, 0.05) is 19.6 Å². The van der Waals surface area contributed by atoms with E-state index < -0.39 is 5.60 Å². The smallest absolute Gasteiger partial charge is 0.410 e. The number of rotatable bonds is 8. The molecular weight excluding hydrogens is 280 g/mol. The lowest BCUT2D eigenvalue weighted by molar-refractivity contribution is 0.0165. The average molecular weight is 312 g/mol. The summed E-state index contributed by atoms with van der Waals surface area (Å²) in [6.45, 7) is 14.2. The Hall–Kier alpha value is -1.07. The van der Waals surface area contributed by atoms with Crippen molar-refractivity contribution in [1.29, 1.82) is 0 Å². The predicted molar refractivity (Wildman–Crippen MR) is 89.0 cm³/mol. The Morgan fingerprint density at radius 1 is 1.41 bits per heavy atom. The zero-order valence-corrected chi connectivity index (χ0v) is 14.4. The van der Waals surface area contributed by atoms with E-state index in [-0.39, 0.29) is 6.09 Å². The van der Waals surface area contributed by atoms with Gasteiger partial charge in [0.25, 0.3) is 0 Å². The van der Waals surface area contributed by atoms with Crippen molar-refractivity contribution in [3.05, 3.63) is 12.7 Å². The fourth-order valence-corrected chi connectivity index (χ4v) is 2.44. The number of likely N-dealkylation sites (tertiary alicyclic amines) is 1. The van der Waals surface area contributed by atoms with Crippen molar-refractivity contribution in [3.8, 4) is 0 Å². The van der Waals surface area contributed by atoms with Crippen LogP contribution in [0.25, 0.3) is 0 Å². The largest absolute Gasteiger partial charge is 0.444 e. The summed E-state index contributed by atoms with van der Waals surface area (Å²) in [5.41, 5.74) is -0.426. The third-order valence-electron chi connectivity index (χ3n) is 3.49. The standard InChI is InChI=1S/C17H32N2O3/c1-5-6-11-21-12-9-18-13-15-8-7-10-19(14-15)16(20)22-17(2,3)4/h5,15,18H,1,6-14H2,2-4H3. The summed E-state index contributed by atoms with van der Waals surface area (Å²) in [6.07, 6.45) is 4.77. The van der Waals surface area contributed by atoms with Crippen LogP contribution in [0.3, 0.4) is 0 Å². The van der Waals surface area contributed by atoms with Crippen LogP contribution >= 0.6 is 0 Å². The quantitative estimate of drug-likeness (QED) is 0.553. The second kappa shape index (κ2) is 9.85. The van der Waals surface area contributed by atoms with Gasteiger partial charge < -0.3 is 19.7 Å². The Bertz CT molecular complexity index is 339. The Morgan fingerprint density at radius 3 is 2.86 bits per heavy atom. The maximum absolute atomic E-state index is 12.1. The lowest BCUT2D eigenvalue weighted by atomic mass is 9.98. The highest BCUT2D eigenvalue weighted by molar-refractivity contribution is 5.68. The van der Waals surface area contributed by atoms with Crippen LogP contribution in [0.1, 0.15) is 40.0 Å². The van der Waals surface area contributed by atoms with Crippen LogP contribution in [-0.2, 0) is 9.47 Å². The number of carbonyl (C=O) groups is 1. The minimum Gasteiger partial charge on any atom is -0.444 e. The second-order valence-corrected chi connectivity index (χ2v) is 6.83. The highest BCUT2D eigenvalue weighted by atomic mass is 16.6. The van der Waals surface area contributed by atoms with E-state index in [1.807, 2.05) is 31.7 Å². The van der Waals surface area contributed by atoms with E-state index in [4.69, 9.17) is 9.47 Å². The maximum Gasteiger partial charge on any atom is 0.410 e. The molecule has 22 heavy (non-hydrogen) atoms. The first kappa shape index (κ1) is 19.0. The van der Waals surface area contributed by atoms with E-state index in [9.17, 15) is 4.79 Å². The van der Waals surface area contributed by atoms with E-state index in [1.165, 1.54) is 0 Å². The average Bonchev–Trinajstić information content (AvgIpc) is 2.45. The summed E-state index contributed by atoms with van der Waals surface area (Å²) in [6, 6.07) is 0. The van der Waals surface area contributed by atoms with Gasteiger partial charge in [-0.05, 0) is 52.5 Å². The molecule has 0 spiro atoms. The summed E-state index contributed by atoms with van der Waals surface area (Å²) in [5.74, 6) is 0.495. The first-order valence-electron chi connectivity index (χ1n) is 8.29. The Kier molecular flexibility index (Phi) is 8.49. The Morgan fingerprint density at radius 2 is 2.18 bits per heavy atom. The molecule has 1 rings (SSSR count). The minimum absolute atomic E-state index is 0.190. The minimum atomic E-state index is -0.426. The molecule has 0 aromatic carbocycles. The number of piperidine rings is 1. The molecule has 1 atom stereocenters. The summed E-state index contributed by atoms with van der Waals surface area (Å²) in [4.78, 5) is 13.9. The molecule has 0 radical (unpaired) electrons. The molecule has 5 heteroatoms. The van der Waals surface area contributed by atoms with Gasteiger partial charge in [-0.3, -0.25) is 0 Å². The molecule has 1 unspecified atom stereocenters. The van der Waals surface area contributed by atoms with Gasteiger partial charge in [-0.1, -0.05) is 6.08 Å². The number of hydrogen-bond acceptors (Lipinski definition) is 4. The number of ether oxygens (including phenoxy) is 2. The maximum atomic E-state index is 12.1. The van der Waals surface area contributed by atoms with Crippen molar-refractivity contribution in [2.45, 2.75) is 45.6 Å². The van der Waals surface area contributed by atoms with Crippen molar-refractivity contribution < 1.29 is 14.3 Å². The molecule has 0 aromatic heterocycles. The van der Waals surface area contributed by atoms with Crippen molar-refractivity contribution in [1.82, 2.24) is 10.2 Å². The van der Waals surface area contributed by atoms with Gasteiger partial charge in [0.15, 0.2) is 0 Å². The molecule has 128 valence electrons. The van der Waals surface area contributed by atoms with Gasteiger partial charge in [0.05, 0.1) is 13.2 Å². The van der Waals surface area contributed by atoms with Crippen LogP contribution in [0.5, 0.6) is 0 Å². The zero-order chi connectivity index (χ0) is 16.4. The fraction of sp³-hybridized carbons (Fsp3) is 0.824. The van der Waals surface area contributed by atoms with Crippen LogP contribution in [0, 0.1) is 5.92 Å². The highest BCUT2D eigenvalue weighted by Gasteiger charge is 2.27. The predicted octanol–water partition coefficient (Wildman–Crippen LogP) is 2.82. The first-order chi connectivity index (χ1) is 10.4. The third-order valence-corrected chi connectivity index (χ3v) is 3.49. The monoisotopic (exact) mass is 312 g/mol. The van der Waals surface area contributed by atoms with Crippen LogP contribution < -0.4 is 5.32 Å². The Labute approximate surface area is 135 Å². The molecule has 1 heterocycles. The van der Waals surface area contributed by atoms with Crippen LogP contribution in [0.4, 0.5) is 4.79 Å². The summed E-state index contributed by atoms with van der Waals surface area (Å²) < 4.78 is 10.9. The molecule has 0 aliphatic carbocycles. The van der Waals surface area contributed by atoms with E-state index in [0.717, 1.165) is 58.7 Å². The van der Waals surface area contributed by atoms with Crippen molar-refractivity contribution in [2.24, 2.45) is 5.92 Å². The molecule has 0 bridgehead atoms. The molecule has 1 aliphatic heterocycles. The second-order valence-electron chi connectivity index (χ2n) is 6.83. The molecule has 1 N–H and O–H groups in total. The molecule has 1 aliphatic rings. The van der Waals surface area contributed by atoms with E-state index in [2.05, 4.69) is 11.9 Å². The van der Waals surface area contributed by atoms with Gasteiger partial charge in [-0.25, -0.2) is 4.79 Å². The van der Waals surface area contributed by atoms with Crippen molar-refractivity contribution in [2.75, 3.05) is 39.4 Å². The zero-order valence-electron chi connectivity index (χ0n) is 14.4. The normalized spacial score (nSPS) is 19.0. The Balaban J connectivity index is 2.17. The number of carbonyl (C=O) groups excluding carboxylic acids is 1. The molecule has 1 saturated heterocycles. The SMILES string of the molecule is C=CCCOCCNCC1CCCN(C(=O)OC(C)(C)C)C1. The molecule has 0 saturated carbocycles. The van der Waals surface area contributed by atoms with E-state index >= 15 is 0 Å². The molecule has 1 amide bonds. The van der Waals surface area contributed by atoms with Crippen LogP contribution in [0.15, 0.2) is 12.7 Å². The summed E-state index contributed by atoms with van der Waals surface area (Å²) in [5, 5.41) is 3.41.